The summed E-state index contributed by atoms with van der Waals surface area (Å²) in [5, 5.41) is 10.8. The van der Waals surface area contributed by atoms with Crippen molar-refractivity contribution >= 4 is 29.5 Å². The van der Waals surface area contributed by atoms with Gasteiger partial charge in [-0.3, -0.25) is 39.4 Å². The molecule has 10 heteroatoms. The molecule has 158 valence electrons. The lowest BCUT2D eigenvalue weighted by Crippen LogP contribution is -2.54. The Morgan fingerprint density at radius 3 is 2.52 bits per heavy atom. The van der Waals surface area contributed by atoms with Crippen molar-refractivity contribution in [3.05, 3.63) is 64.7 Å². The molecule has 0 spiro atoms. The zero-order valence-corrected chi connectivity index (χ0v) is 16.1. The Bertz CT molecular complexity index is 1110. The molecule has 5 amide bonds. The molecule has 0 aromatic heterocycles. The van der Waals surface area contributed by atoms with Gasteiger partial charge in [-0.25, -0.2) is 5.48 Å². The number of ether oxygens (including phenoxy) is 1. The third kappa shape index (κ3) is 3.64. The van der Waals surface area contributed by atoms with E-state index >= 15 is 0 Å². The van der Waals surface area contributed by atoms with Gasteiger partial charge < -0.3 is 4.74 Å². The first-order chi connectivity index (χ1) is 14.9. The number of piperidine rings is 1. The highest BCUT2D eigenvalue weighted by atomic mass is 16.5. The number of rotatable bonds is 5. The second kappa shape index (κ2) is 8.00. The summed E-state index contributed by atoms with van der Waals surface area (Å²) in [6, 6.07) is 9.79. The predicted octanol–water partition coefficient (Wildman–Crippen LogP) is 0.786. The van der Waals surface area contributed by atoms with Gasteiger partial charge in [0.1, 0.15) is 18.4 Å². The first-order valence-corrected chi connectivity index (χ1v) is 9.41. The number of hydrogen-bond acceptors (Lipinski definition) is 7. The van der Waals surface area contributed by atoms with Gasteiger partial charge in [-0.2, -0.15) is 0 Å². The molecule has 1 atom stereocenters. The molecule has 31 heavy (non-hydrogen) atoms. The second-order valence-corrected chi connectivity index (χ2v) is 7.05. The third-order valence-electron chi connectivity index (χ3n) is 5.14. The molecular weight excluding hydrogens is 406 g/mol. The lowest BCUT2D eigenvalue weighted by molar-refractivity contribution is -0.136. The first kappa shape index (κ1) is 20.2. The van der Waals surface area contributed by atoms with Crippen molar-refractivity contribution in [1.29, 1.82) is 0 Å². The molecular formula is C21H17N3O7. The van der Waals surface area contributed by atoms with Crippen molar-refractivity contribution < 1.29 is 33.9 Å². The molecule has 1 unspecified atom stereocenters. The van der Waals surface area contributed by atoms with Crippen LogP contribution in [0.3, 0.4) is 0 Å². The summed E-state index contributed by atoms with van der Waals surface area (Å²) in [7, 11) is 0. The quantitative estimate of drug-likeness (QED) is 0.367. The molecule has 3 N–H and O–H groups in total. The van der Waals surface area contributed by atoms with Crippen LogP contribution in [0.25, 0.3) is 0 Å². The van der Waals surface area contributed by atoms with E-state index in [9.17, 15) is 24.0 Å². The van der Waals surface area contributed by atoms with E-state index in [-0.39, 0.29) is 41.9 Å². The maximum absolute atomic E-state index is 13.0. The fourth-order valence-corrected chi connectivity index (χ4v) is 3.58. The van der Waals surface area contributed by atoms with Crippen LogP contribution in [0.1, 0.15) is 49.5 Å². The molecule has 10 nitrogen and oxygen atoms in total. The largest absolute Gasteiger partial charge is 0.488 e. The Morgan fingerprint density at radius 2 is 1.84 bits per heavy atom. The van der Waals surface area contributed by atoms with E-state index in [4.69, 9.17) is 9.94 Å². The van der Waals surface area contributed by atoms with Crippen LogP contribution in [0, 0.1) is 0 Å². The molecule has 0 bridgehead atoms. The van der Waals surface area contributed by atoms with E-state index in [2.05, 4.69) is 5.32 Å². The van der Waals surface area contributed by atoms with Gasteiger partial charge in [0, 0.05) is 12.0 Å². The summed E-state index contributed by atoms with van der Waals surface area (Å²) < 4.78 is 5.76. The standard InChI is InChI=1S/C21H17N3O7/c25-16-9-8-14(19(27)22-16)24-20(28)13-2-1-3-15(17(13)21(24)29)31-10-11-4-6-12(7-5-11)18(26)23-30/h1-7,14,30H,8-10H2,(H,23,26)(H,22,25,27). The van der Waals surface area contributed by atoms with Gasteiger partial charge in [-0.05, 0) is 36.2 Å². The molecule has 2 aromatic carbocycles. The van der Waals surface area contributed by atoms with E-state index in [0.29, 0.717) is 5.56 Å². The van der Waals surface area contributed by atoms with Gasteiger partial charge in [-0.1, -0.05) is 18.2 Å². The van der Waals surface area contributed by atoms with Gasteiger partial charge in [-0.15, -0.1) is 0 Å². The molecule has 1 fully saturated rings. The van der Waals surface area contributed by atoms with Crippen LogP contribution in [-0.4, -0.2) is 45.7 Å². The summed E-state index contributed by atoms with van der Waals surface area (Å²) in [6.45, 7) is 0.0529. The molecule has 0 aliphatic carbocycles. The van der Waals surface area contributed by atoms with Gasteiger partial charge in [0.05, 0.1) is 11.1 Å². The van der Waals surface area contributed by atoms with Crippen LogP contribution >= 0.6 is 0 Å². The van der Waals surface area contributed by atoms with Crippen molar-refractivity contribution in [2.75, 3.05) is 0 Å². The molecule has 0 saturated carbocycles. The predicted molar refractivity (Wildman–Crippen MR) is 103 cm³/mol. The van der Waals surface area contributed by atoms with E-state index in [1.807, 2.05) is 0 Å². The van der Waals surface area contributed by atoms with Crippen LogP contribution < -0.4 is 15.5 Å². The summed E-state index contributed by atoms with van der Waals surface area (Å²) in [5.74, 6) is -2.85. The summed E-state index contributed by atoms with van der Waals surface area (Å²) >= 11 is 0. The number of hydrogen-bond donors (Lipinski definition) is 3. The molecule has 1 saturated heterocycles. The summed E-state index contributed by atoms with van der Waals surface area (Å²) in [4.78, 5) is 61.7. The lowest BCUT2D eigenvalue weighted by atomic mass is 10.0. The summed E-state index contributed by atoms with van der Waals surface area (Å²) in [6.07, 6.45) is 0.109. The first-order valence-electron chi connectivity index (χ1n) is 9.41. The molecule has 2 aliphatic rings. The maximum Gasteiger partial charge on any atom is 0.274 e. The second-order valence-electron chi connectivity index (χ2n) is 7.05. The minimum atomic E-state index is -1.05. The number of nitrogens with one attached hydrogen (secondary N) is 2. The van der Waals surface area contributed by atoms with Crippen molar-refractivity contribution in [3.63, 3.8) is 0 Å². The summed E-state index contributed by atoms with van der Waals surface area (Å²) in [5.41, 5.74) is 2.67. The SMILES string of the molecule is O=C1CCC(N2C(=O)c3cccc(OCc4ccc(C(=O)NO)cc4)c3C2=O)C(=O)N1. The molecule has 2 aliphatic heterocycles. The van der Waals surface area contributed by atoms with Gasteiger partial charge >= 0.3 is 0 Å². The number of carbonyl (C=O) groups excluding carboxylic acids is 5. The van der Waals surface area contributed by atoms with E-state index < -0.39 is 35.6 Å². The molecule has 2 heterocycles. The topological polar surface area (TPSA) is 142 Å². The lowest BCUT2D eigenvalue weighted by Gasteiger charge is -2.27. The van der Waals surface area contributed by atoms with Crippen LogP contribution in [0.15, 0.2) is 42.5 Å². The molecule has 4 rings (SSSR count). The fraction of sp³-hybridized carbons (Fsp3) is 0.190. The number of fused-ring (bicyclic) bond motifs is 1. The zero-order valence-electron chi connectivity index (χ0n) is 16.1. The number of nitrogens with zero attached hydrogens (tertiary/aromatic N) is 1. The molecule has 2 aromatic rings. The van der Waals surface area contributed by atoms with E-state index in [1.165, 1.54) is 18.2 Å². The van der Waals surface area contributed by atoms with Gasteiger partial charge in [0.25, 0.3) is 17.7 Å². The number of amides is 5. The highest BCUT2D eigenvalue weighted by Gasteiger charge is 2.45. The molecule has 0 radical (unpaired) electrons. The number of carbonyl (C=O) groups is 5. The smallest absolute Gasteiger partial charge is 0.274 e. The monoisotopic (exact) mass is 423 g/mol. The van der Waals surface area contributed by atoms with Crippen molar-refractivity contribution in [1.82, 2.24) is 15.7 Å². The minimum Gasteiger partial charge on any atom is -0.488 e. The van der Waals surface area contributed by atoms with Crippen LogP contribution in [0.5, 0.6) is 5.75 Å². The van der Waals surface area contributed by atoms with Crippen molar-refractivity contribution in [2.45, 2.75) is 25.5 Å². The normalized spacial score (nSPS) is 18.0. The van der Waals surface area contributed by atoms with E-state index in [1.54, 1.807) is 29.7 Å². The Kier molecular flexibility index (Phi) is 5.22. The van der Waals surface area contributed by atoms with Gasteiger partial charge in [0.15, 0.2) is 0 Å². The fourth-order valence-electron chi connectivity index (χ4n) is 3.58. The Morgan fingerprint density at radius 1 is 1.10 bits per heavy atom. The van der Waals surface area contributed by atoms with Crippen molar-refractivity contribution in [3.8, 4) is 5.75 Å². The minimum absolute atomic E-state index is 0.0392. The average Bonchev–Trinajstić information content (AvgIpc) is 3.03. The maximum atomic E-state index is 13.0. The van der Waals surface area contributed by atoms with E-state index in [0.717, 1.165) is 4.90 Å². The van der Waals surface area contributed by atoms with Crippen LogP contribution in [0.4, 0.5) is 0 Å². The van der Waals surface area contributed by atoms with Crippen LogP contribution in [-0.2, 0) is 16.2 Å². The number of imide groups is 2. The Balaban J connectivity index is 1.54. The Labute approximate surface area is 175 Å². The van der Waals surface area contributed by atoms with Crippen LogP contribution in [0.2, 0.25) is 0 Å². The highest BCUT2D eigenvalue weighted by molar-refractivity contribution is 6.24. The Hall–Kier alpha value is -4.05. The van der Waals surface area contributed by atoms with Crippen molar-refractivity contribution in [2.24, 2.45) is 0 Å². The van der Waals surface area contributed by atoms with Gasteiger partial charge in [0.2, 0.25) is 11.8 Å². The number of hydroxylamine groups is 1. The zero-order chi connectivity index (χ0) is 22.1. The highest BCUT2D eigenvalue weighted by Crippen LogP contribution is 2.34. The third-order valence-corrected chi connectivity index (χ3v) is 5.14. The average molecular weight is 423 g/mol. The number of benzene rings is 2.